The third-order valence-electron chi connectivity index (χ3n) is 4.10. The van der Waals surface area contributed by atoms with Crippen LogP contribution in [0.5, 0.6) is 0 Å². The molecular weight excluding hydrogens is 408 g/mol. The number of hydrogen-bond acceptors (Lipinski definition) is 8. The van der Waals surface area contributed by atoms with E-state index in [-0.39, 0.29) is 27.4 Å². The van der Waals surface area contributed by atoms with E-state index in [2.05, 4.69) is 39.8 Å². The Kier molecular flexibility index (Phi) is 30.0. The fraction of sp³-hybridized carbons (Fsp3) is 0.667. The average Bonchev–Trinajstić information content (AvgIpc) is 2.65. The van der Waals surface area contributed by atoms with E-state index in [1.165, 1.54) is 0 Å². The predicted octanol–water partition coefficient (Wildman–Crippen LogP) is -4.08. The molecule has 0 aromatic heterocycles. The molecule has 0 saturated heterocycles. The van der Waals surface area contributed by atoms with Crippen LogP contribution < -0.4 is 0 Å². The minimum Gasteiger partial charge on any atom is -0.412 e. The molecule has 2 bridgehead atoms. The van der Waals surface area contributed by atoms with Crippen molar-refractivity contribution in [1.29, 1.82) is 0 Å². The fourth-order valence-electron chi connectivity index (χ4n) is 2.60. The van der Waals surface area contributed by atoms with Gasteiger partial charge in [0.2, 0.25) is 0 Å². The molecule has 0 aliphatic carbocycles. The summed E-state index contributed by atoms with van der Waals surface area (Å²) in [6, 6.07) is 0. The summed E-state index contributed by atoms with van der Waals surface area (Å²) in [6.45, 7) is 9.92. The van der Waals surface area contributed by atoms with Crippen molar-refractivity contribution in [3.05, 3.63) is 0 Å². The van der Waals surface area contributed by atoms with Gasteiger partial charge < -0.3 is 27.4 Å². The molecule has 3 rings (SSSR count). The lowest BCUT2D eigenvalue weighted by Crippen LogP contribution is -2.32. The normalized spacial score (nSPS) is 22.5. The molecule has 3 aliphatic heterocycles. The third-order valence-corrected chi connectivity index (χ3v) is 4.10. The molecule has 0 atom stereocenters. The van der Waals surface area contributed by atoms with Gasteiger partial charge in [-0.3, -0.25) is 39.8 Å². The maximum atomic E-state index is 4.43. The van der Waals surface area contributed by atoms with E-state index in [0.717, 1.165) is 78.5 Å². The van der Waals surface area contributed by atoms with Crippen LogP contribution in [0, 0.1) is 0 Å². The van der Waals surface area contributed by atoms with Gasteiger partial charge in [-0.05, 0) is 0 Å². The van der Waals surface area contributed by atoms with Crippen molar-refractivity contribution in [3.63, 3.8) is 0 Å². The Morgan fingerprint density at radius 3 is 0.645 bits per heavy atom. The maximum Gasteiger partial charge on any atom is 0.0517 e. The highest BCUT2D eigenvalue weighted by Gasteiger charge is 2.04. The topological polar surface area (TPSA) is 238 Å². The van der Waals surface area contributed by atoms with E-state index in [1.54, 1.807) is 37.3 Å². The van der Waals surface area contributed by atoms with Crippen LogP contribution >= 0.6 is 0 Å². The standard InChI is InChI=1S/C18H30N8.5H2O/c1-2-20-8-14-26-17-11-23-5-3-21-9-15-25(13-7-19-1)16-10-22-4-6-24-12-18-26;;;;;/h1-6H,7-18H2;5*1H2. The zero-order valence-electron chi connectivity index (χ0n) is 18.0. The number of hydrogen-bond donors (Lipinski definition) is 0. The first kappa shape index (κ1) is 36.1. The van der Waals surface area contributed by atoms with Crippen LogP contribution in [-0.2, 0) is 0 Å². The van der Waals surface area contributed by atoms with Gasteiger partial charge in [-0.15, -0.1) is 0 Å². The molecule has 0 aromatic carbocycles. The van der Waals surface area contributed by atoms with Gasteiger partial charge >= 0.3 is 0 Å². The van der Waals surface area contributed by atoms with Gasteiger partial charge in [-0.1, -0.05) is 0 Å². The molecule has 0 aromatic rings. The first-order chi connectivity index (χ1) is 12.9. The third kappa shape index (κ3) is 19.4. The molecule has 0 unspecified atom stereocenters. The molecule has 0 saturated carbocycles. The van der Waals surface area contributed by atoms with Crippen LogP contribution in [0.25, 0.3) is 0 Å². The molecule has 10 N–H and O–H groups in total. The first-order valence-corrected chi connectivity index (χ1v) is 9.34. The SMILES string of the molecule is C1=NCCN2CCN=CC=NCCN(CCN=C1)CCN=CC=NCC2.O.O.O.O.O. The number of nitrogens with zero attached hydrogens (tertiary/aromatic N) is 8. The van der Waals surface area contributed by atoms with Crippen LogP contribution in [0.1, 0.15) is 0 Å². The predicted molar refractivity (Wildman–Crippen MR) is 131 cm³/mol. The smallest absolute Gasteiger partial charge is 0.0517 e. The molecule has 13 heteroatoms. The van der Waals surface area contributed by atoms with Crippen molar-refractivity contribution < 1.29 is 27.4 Å². The second-order valence-electron chi connectivity index (χ2n) is 6.01. The molecule has 3 heterocycles. The van der Waals surface area contributed by atoms with Crippen LogP contribution in [-0.4, -0.2) is 153 Å². The summed E-state index contributed by atoms with van der Waals surface area (Å²) in [7, 11) is 0. The van der Waals surface area contributed by atoms with Crippen molar-refractivity contribution >= 4 is 37.3 Å². The van der Waals surface area contributed by atoms with Gasteiger partial charge in [0, 0.05) is 76.6 Å². The van der Waals surface area contributed by atoms with E-state index in [1.807, 2.05) is 0 Å². The molecule has 0 spiro atoms. The van der Waals surface area contributed by atoms with Crippen molar-refractivity contribution in [3.8, 4) is 0 Å². The minimum absolute atomic E-state index is 0. The van der Waals surface area contributed by atoms with Crippen molar-refractivity contribution in [2.75, 3.05) is 78.5 Å². The summed E-state index contributed by atoms with van der Waals surface area (Å²) >= 11 is 0. The van der Waals surface area contributed by atoms with E-state index >= 15 is 0 Å². The van der Waals surface area contributed by atoms with Crippen molar-refractivity contribution in [1.82, 2.24) is 9.80 Å². The van der Waals surface area contributed by atoms with Gasteiger partial charge in [0.15, 0.2) is 0 Å². The maximum absolute atomic E-state index is 4.43. The number of fused-ring (bicyclic) bond motifs is 15. The van der Waals surface area contributed by atoms with Gasteiger partial charge in [-0.25, -0.2) is 0 Å². The minimum atomic E-state index is 0. The molecule has 31 heavy (non-hydrogen) atoms. The fourth-order valence-corrected chi connectivity index (χ4v) is 2.60. The van der Waals surface area contributed by atoms with Gasteiger partial charge in [0.1, 0.15) is 0 Å². The van der Waals surface area contributed by atoms with Crippen LogP contribution in [0.3, 0.4) is 0 Å². The lowest BCUT2D eigenvalue weighted by molar-refractivity contribution is 0.298. The molecule has 13 nitrogen and oxygen atoms in total. The molecule has 0 fully saturated rings. The van der Waals surface area contributed by atoms with E-state index in [0.29, 0.717) is 0 Å². The van der Waals surface area contributed by atoms with E-state index < -0.39 is 0 Å². The summed E-state index contributed by atoms with van der Waals surface area (Å²) in [5.74, 6) is 0. The zero-order valence-corrected chi connectivity index (χ0v) is 18.0. The molecular formula is C18H40N8O5. The van der Waals surface area contributed by atoms with E-state index in [4.69, 9.17) is 0 Å². The van der Waals surface area contributed by atoms with Gasteiger partial charge in [0.25, 0.3) is 0 Å². The quantitative estimate of drug-likeness (QED) is 0.359. The monoisotopic (exact) mass is 448 g/mol. The Morgan fingerprint density at radius 1 is 0.323 bits per heavy atom. The van der Waals surface area contributed by atoms with Gasteiger partial charge in [-0.2, -0.15) is 0 Å². The Hall–Kier alpha value is -2.26. The summed E-state index contributed by atoms with van der Waals surface area (Å²) < 4.78 is 0. The Morgan fingerprint density at radius 2 is 0.484 bits per heavy atom. The van der Waals surface area contributed by atoms with Crippen molar-refractivity contribution in [2.45, 2.75) is 0 Å². The lowest BCUT2D eigenvalue weighted by atomic mass is 10.4. The molecule has 3 aliphatic rings. The summed E-state index contributed by atoms with van der Waals surface area (Å²) in [5.41, 5.74) is 0. The Bertz CT molecular complexity index is 431. The largest absolute Gasteiger partial charge is 0.412 e. The summed E-state index contributed by atoms with van der Waals surface area (Å²) in [6.07, 6.45) is 10.8. The van der Waals surface area contributed by atoms with Crippen LogP contribution in [0.2, 0.25) is 0 Å². The van der Waals surface area contributed by atoms with Gasteiger partial charge in [0.05, 0.1) is 39.3 Å². The Labute approximate surface area is 183 Å². The second kappa shape index (κ2) is 25.8. The molecule has 0 amide bonds. The van der Waals surface area contributed by atoms with Crippen LogP contribution in [0.4, 0.5) is 0 Å². The molecule has 182 valence electrons. The highest BCUT2D eigenvalue weighted by atomic mass is 16.0. The highest BCUT2D eigenvalue weighted by molar-refractivity contribution is 6.16. The van der Waals surface area contributed by atoms with E-state index in [9.17, 15) is 0 Å². The average molecular weight is 449 g/mol. The van der Waals surface area contributed by atoms with Crippen molar-refractivity contribution in [2.24, 2.45) is 30.0 Å². The zero-order chi connectivity index (χ0) is 18.1. The number of rotatable bonds is 0. The summed E-state index contributed by atoms with van der Waals surface area (Å²) in [4.78, 5) is 31.3. The Balaban J connectivity index is -0.000000729. The number of aliphatic imine (C=N–C) groups is 6. The van der Waals surface area contributed by atoms with Crippen LogP contribution in [0.15, 0.2) is 30.0 Å². The highest BCUT2D eigenvalue weighted by Crippen LogP contribution is 1.92. The molecule has 0 radical (unpaired) electrons. The first-order valence-electron chi connectivity index (χ1n) is 9.34. The lowest BCUT2D eigenvalue weighted by Gasteiger charge is -2.19. The second-order valence-corrected chi connectivity index (χ2v) is 6.01. The summed E-state index contributed by atoms with van der Waals surface area (Å²) in [5, 5.41) is 0.